The molecule has 0 radical (unpaired) electrons. The summed E-state index contributed by atoms with van der Waals surface area (Å²) >= 11 is 6.17. The Morgan fingerprint density at radius 2 is 2.20 bits per heavy atom. The smallest absolute Gasteiger partial charge is 0.307 e. The molecule has 0 aromatic carbocycles. The fourth-order valence-electron chi connectivity index (χ4n) is 1.31. The van der Waals surface area contributed by atoms with Crippen molar-refractivity contribution in [2.75, 3.05) is 13.6 Å². The maximum absolute atomic E-state index is 12.1. The standard InChI is InChI=1S/C9H11ClN2O6S2/c1-5(9(13)14)4-11(2)20(17,18)7-3-6(12(15)16)8(10)19-7/h3,5H,4H2,1-2H3,(H,13,14). The number of nitro groups is 1. The van der Waals surface area contributed by atoms with E-state index in [2.05, 4.69) is 0 Å². The van der Waals surface area contributed by atoms with Gasteiger partial charge >= 0.3 is 5.97 Å². The quantitative estimate of drug-likeness (QED) is 0.620. The lowest BCUT2D eigenvalue weighted by atomic mass is 10.2. The molecule has 0 aliphatic rings. The zero-order valence-corrected chi connectivity index (χ0v) is 12.8. The van der Waals surface area contributed by atoms with E-state index >= 15 is 0 Å². The molecular weight excluding hydrogens is 332 g/mol. The minimum atomic E-state index is -4.00. The summed E-state index contributed by atoms with van der Waals surface area (Å²) in [5.74, 6) is -2.04. The minimum Gasteiger partial charge on any atom is -0.481 e. The highest BCUT2D eigenvalue weighted by atomic mass is 35.5. The Balaban J connectivity index is 3.07. The number of thiophene rings is 1. The number of aliphatic carboxylic acids is 1. The Morgan fingerprint density at radius 3 is 2.60 bits per heavy atom. The van der Waals surface area contributed by atoms with E-state index in [1.165, 1.54) is 14.0 Å². The van der Waals surface area contributed by atoms with Crippen molar-refractivity contribution in [3.8, 4) is 0 Å². The SMILES string of the molecule is CC(CN(C)S(=O)(=O)c1cc([N+](=O)[O-])c(Cl)s1)C(=O)O. The maximum Gasteiger partial charge on any atom is 0.307 e. The van der Waals surface area contributed by atoms with Crippen molar-refractivity contribution in [2.24, 2.45) is 5.92 Å². The molecule has 1 N–H and O–H groups in total. The van der Waals surface area contributed by atoms with Gasteiger partial charge in [-0.25, -0.2) is 8.42 Å². The van der Waals surface area contributed by atoms with Gasteiger partial charge in [-0.2, -0.15) is 4.31 Å². The van der Waals surface area contributed by atoms with Crippen LogP contribution in [0.5, 0.6) is 0 Å². The second-order valence-electron chi connectivity index (χ2n) is 4.01. The zero-order chi connectivity index (χ0) is 15.7. The summed E-state index contributed by atoms with van der Waals surface area (Å²) in [6.07, 6.45) is 0. The van der Waals surface area contributed by atoms with E-state index in [1.54, 1.807) is 0 Å². The Hall–Kier alpha value is -1.23. The summed E-state index contributed by atoms with van der Waals surface area (Å²) in [7, 11) is -2.80. The average molecular weight is 343 g/mol. The number of carboxylic acids is 1. The monoisotopic (exact) mass is 342 g/mol. The van der Waals surface area contributed by atoms with E-state index in [0.29, 0.717) is 11.3 Å². The summed E-state index contributed by atoms with van der Waals surface area (Å²) in [4.78, 5) is 20.6. The topological polar surface area (TPSA) is 118 Å². The third-order valence-electron chi connectivity index (χ3n) is 2.46. The first kappa shape index (κ1) is 16.8. The van der Waals surface area contributed by atoms with Crippen LogP contribution in [0.15, 0.2) is 10.3 Å². The molecule has 0 bridgehead atoms. The normalized spacial score (nSPS) is 13.4. The van der Waals surface area contributed by atoms with Gasteiger partial charge in [-0.1, -0.05) is 18.5 Å². The van der Waals surface area contributed by atoms with Crippen LogP contribution < -0.4 is 0 Å². The van der Waals surface area contributed by atoms with Crippen molar-refractivity contribution < 1.29 is 23.2 Å². The Bertz CT molecular complexity index is 641. The molecule has 0 saturated heterocycles. The van der Waals surface area contributed by atoms with Crippen LogP contribution in [-0.4, -0.2) is 42.3 Å². The van der Waals surface area contributed by atoms with Gasteiger partial charge in [-0.3, -0.25) is 14.9 Å². The fourth-order valence-corrected chi connectivity index (χ4v) is 4.44. The maximum atomic E-state index is 12.1. The highest BCUT2D eigenvalue weighted by molar-refractivity contribution is 7.91. The molecule has 8 nitrogen and oxygen atoms in total. The molecule has 0 aliphatic carbocycles. The first-order valence-electron chi connectivity index (χ1n) is 5.20. The molecular formula is C9H11ClN2O6S2. The molecule has 0 saturated carbocycles. The van der Waals surface area contributed by atoms with Crippen LogP contribution in [0.2, 0.25) is 4.34 Å². The van der Waals surface area contributed by atoms with Crippen LogP contribution in [0.3, 0.4) is 0 Å². The van der Waals surface area contributed by atoms with Gasteiger partial charge in [0, 0.05) is 19.7 Å². The van der Waals surface area contributed by atoms with Gasteiger partial charge in [0.05, 0.1) is 10.8 Å². The van der Waals surface area contributed by atoms with Crippen molar-refractivity contribution in [3.05, 3.63) is 20.5 Å². The van der Waals surface area contributed by atoms with Gasteiger partial charge in [0.2, 0.25) is 0 Å². The summed E-state index contributed by atoms with van der Waals surface area (Å²) < 4.78 is 24.6. The molecule has 11 heteroatoms. The molecule has 0 aliphatic heterocycles. The summed E-state index contributed by atoms with van der Waals surface area (Å²) in [6.45, 7) is 1.11. The lowest BCUT2D eigenvalue weighted by Crippen LogP contribution is -2.33. The van der Waals surface area contributed by atoms with E-state index < -0.39 is 32.5 Å². The predicted octanol–water partition coefficient (Wildman–Crippen LogP) is 1.65. The number of carboxylic acid groups (broad SMARTS) is 1. The van der Waals surface area contributed by atoms with Gasteiger partial charge in [0.25, 0.3) is 15.7 Å². The first-order valence-corrected chi connectivity index (χ1v) is 7.83. The molecule has 20 heavy (non-hydrogen) atoms. The van der Waals surface area contributed by atoms with Gasteiger partial charge in [0.15, 0.2) is 4.34 Å². The van der Waals surface area contributed by atoms with Crippen molar-refractivity contribution in [1.29, 1.82) is 0 Å². The van der Waals surface area contributed by atoms with Crippen molar-refractivity contribution in [2.45, 2.75) is 11.1 Å². The minimum absolute atomic E-state index is 0.242. The Kier molecular flexibility index (Phi) is 5.08. The molecule has 1 heterocycles. The van der Waals surface area contributed by atoms with Crippen LogP contribution in [-0.2, 0) is 14.8 Å². The summed E-state index contributed by atoms with van der Waals surface area (Å²) in [5, 5.41) is 19.4. The number of hydrogen-bond acceptors (Lipinski definition) is 6. The summed E-state index contributed by atoms with van der Waals surface area (Å²) in [6, 6.07) is 0.865. The highest BCUT2D eigenvalue weighted by Gasteiger charge is 2.30. The third-order valence-corrected chi connectivity index (χ3v) is 6.07. The molecule has 1 unspecified atom stereocenters. The highest BCUT2D eigenvalue weighted by Crippen LogP contribution is 2.37. The van der Waals surface area contributed by atoms with Gasteiger partial charge in [-0.15, -0.1) is 11.3 Å². The van der Waals surface area contributed by atoms with E-state index in [0.717, 1.165) is 10.4 Å². The number of hydrogen-bond donors (Lipinski definition) is 1. The van der Waals surface area contributed by atoms with E-state index in [9.17, 15) is 23.3 Å². The lowest BCUT2D eigenvalue weighted by Gasteiger charge is -2.17. The Morgan fingerprint density at radius 1 is 1.65 bits per heavy atom. The Labute approximate surface area is 123 Å². The number of nitrogens with zero attached hydrogens (tertiary/aromatic N) is 2. The average Bonchev–Trinajstić information content (AvgIpc) is 2.71. The number of rotatable bonds is 6. The number of sulfonamides is 1. The molecule has 112 valence electrons. The van der Waals surface area contributed by atoms with Crippen molar-refractivity contribution in [3.63, 3.8) is 0 Å². The van der Waals surface area contributed by atoms with Crippen LogP contribution in [0, 0.1) is 16.0 Å². The van der Waals surface area contributed by atoms with Gasteiger partial charge in [0.1, 0.15) is 4.21 Å². The second-order valence-corrected chi connectivity index (χ2v) is 7.93. The van der Waals surface area contributed by atoms with Crippen LogP contribution >= 0.6 is 22.9 Å². The van der Waals surface area contributed by atoms with E-state index in [-0.39, 0.29) is 15.1 Å². The van der Waals surface area contributed by atoms with Crippen molar-refractivity contribution >= 4 is 44.6 Å². The third kappa shape index (κ3) is 3.45. The first-order chi connectivity index (χ1) is 9.07. The second kappa shape index (κ2) is 6.04. The predicted molar refractivity (Wildman–Crippen MR) is 72.6 cm³/mol. The van der Waals surface area contributed by atoms with E-state index in [1.807, 2.05) is 0 Å². The molecule has 1 aromatic rings. The fraction of sp³-hybridized carbons (Fsp3) is 0.444. The van der Waals surface area contributed by atoms with Gasteiger partial charge in [-0.05, 0) is 0 Å². The molecule has 1 atom stereocenters. The molecule has 0 spiro atoms. The van der Waals surface area contributed by atoms with E-state index in [4.69, 9.17) is 16.7 Å². The van der Waals surface area contributed by atoms with Crippen molar-refractivity contribution in [1.82, 2.24) is 4.31 Å². The largest absolute Gasteiger partial charge is 0.481 e. The molecule has 0 amide bonds. The van der Waals surface area contributed by atoms with Crippen LogP contribution in [0.4, 0.5) is 5.69 Å². The van der Waals surface area contributed by atoms with Gasteiger partial charge < -0.3 is 5.11 Å². The summed E-state index contributed by atoms with van der Waals surface area (Å²) in [5.41, 5.74) is -0.491. The zero-order valence-electron chi connectivity index (χ0n) is 10.4. The molecule has 0 fully saturated rings. The number of halogens is 1. The van der Waals surface area contributed by atoms with Crippen LogP contribution in [0.1, 0.15) is 6.92 Å². The van der Waals surface area contributed by atoms with Crippen LogP contribution in [0.25, 0.3) is 0 Å². The molecule has 1 rings (SSSR count). The number of carbonyl (C=O) groups is 1. The molecule has 1 aromatic heterocycles. The lowest BCUT2D eigenvalue weighted by molar-refractivity contribution is -0.384.